The second-order valence-electron chi connectivity index (χ2n) is 7.54. The molecular weight excluding hydrogens is 292 g/mol. The molecule has 0 aromatic heterocycles. The van der Waals surface area contributed by atoms with E-state index in [-0.39, 0.29) is 0 Å². The van der Waals surface area contributed by atoms with Crippen LogP contribution in [-0.2, 0) is 0 Å². The second-order valence-corrected chi connectivity index (χ2v) is 7.54. The highest BCUT2D eigenvalue weighted by Crippen LogP contribution is 2.23. The minimum Gasteiger partial charge on any atom is -0.306 e. The summed E-state index contributed by atoms with van der Waals surface area (Å²) >= 11 is 0. The van der Waals surface area contributed by atoms with Crippen LogP contribution < -0.4 is 0 Å². The normalized spacial score (nSPS) is 22.2. The summed E-state index contributed by atoms with van der Waals surface area (Å²) in [6, 6.07) is 0.761. The van der Waals surface area contributed by atoms with Crippen molar-refractivity contribution in [2.45, 2.75) is 94.0 Å². The third-order valence-corrected chi connectivity index (χ3v) is 5.33. The Balaban J connectivity index is 0. The average molecular weight is 343 g/mol. The van der Waals surface area contributed by atoms with Gasteiger partial charge in [0.15, 0.2) is 0 Å². The molecule has 24 heavy (non-hydrogen) atoms. The fraction of sp³-hybridized carbons (Fsp3) is 1.00. The lowest BCUT2D eigenvalue weighted by atomic mass is 9.87. The first-order valence-corrected chi connectivity index (χ1v) is 10.9. The molecule has 1 unspecified atom stereocenters. The van der Waals surface area contributed by atoms with Crippen molar-refractivity contribution < 1.29 is 0 Å². The van der Waals surface area contributed by atoms with Crippen LogP contribution in [0.3, 0.4) is 0 Å². The van der Waals surface area contributed by atoms with Crippen molar-refractivity contribution in [1.29, 1.82) is 0 Å². The van der Waals surface area contributed by atoms with Gasteiger partial charge in [-0.05, 0) is 77.5 Å². The summed E-state index contributed by atoms with van der Waals surface area (Å²) in [5.74, 6) is 2.88. The number of piperidine rings is 1. The van der Waals surface area contributed by atoms with Gasteiger partial charge in [0.25, 0.3) is 0 Å². The van der Waals surface area contributed by atoms with Crippen molar-refractivity contribution in [3.05, 3.63) is 0 Å². The number of nitrogens with zero attached hydrogens (tertiary/aromatic N) is 2. The summed E-state index contributed by atoms with van der Waals surface area (Å²) in [5, 5.41) is 0. The van der Waals surface area contributed by atoms with E-state index in [1.54, 1.807) is 0 Å². The molecule has 0 aromatic rings. The van der Waals surface area contributed by atoms with E-state index in [1.165, 1.54) is 51.9 Å². The molecule has 0 aliphatic carbocycles. The number of hydrogen-bond donors (Lipinski definition) is 0. The van der Waals surface area contributed by atoms with Crippen LogP contribution in [0.4, 0.5) is 0 Å². The molecule has 0 bridgehead atoms. The predicted octanol–water partition coefficient (Wildman–Crippen LogP) is 6.16. The highest BCUT2D eigenvalue weighted by atomic mass is 15.2. The molecule has 2 fully saturated rings. The Kier molecular flexibility index (Phi) is 17.9. The maximum absolute atomic E-state index is 2.58. The van der Waals surface area contributed by atoms with Crippen molar-refractivity contribution >= 4 is 0 Å². The van der Waals surface area contributed by atoms with Gasteiger partial charge in [-0.25, -0.2) is 0 Å². The maximum Gasteiger partial charge on any atom is 0.00387 e. The summed E-state index contributed by atoms with van der Waals surface area (Å²) < 4.78 is 0. The van der Waals surface area contributed by atoms with Gasteiger partial charge >= 0.3 is 0 Å². The average Bonchev–Trinajstić information content (AvgIpc) is 3.09. The van der Waals surface area contributed by atoms with E-state index < -0.39 is 0 Å². The molecule has 0 amide bonds. The zero-order valence-corrected chi connectivity index (χ0v) is 18.9. The van der Waals surface area contributed by atoms with Gasteiger partial charge in [-0.15, -0.1) is 0 Å². The van der Waals surface area contributed by atoms with Crippen LogP contribution in [0.1, 0.15) is 88.0 Å². The van der Waals surface area contributed by atoms with Crippen LogP contribution in [0.2, 0.25) is 0 Å². The zero-order chi connectivity index (χ0) is 19.1. The number of rotatable bonds is 3. The Hall–Kier alpha value is -0.0800. The van der Waals surface area contributed by atoms with Crippen LogP contribution in [0.15, 0.2) is 0 Å². The molecule has 0 N–H and O–H groups in total. The molecule has 0 radical (unpaired) electrons. The lowest BCUT2D eigenvalue weighted by molar-refractivity contribution is 0.185. The minimum absolute atomic E-state index is 0.761. The summed E-state index contributed by atoms with van der Waals surface area (Å²) in [7, 11) is 2.22. The fourth-order valence-corrected chi connectivity index (χ4v) is 3.36. The zero-order valence-electron chi connectivity index (χ0n) is 18.9. The van der Waals surface area contributed by atoms with Crippen molar-refractivity contribution in [3.63, 3.8) is 0 Å². The Morgan fingerprint density at radius 1 is 0.833 bits per heavy atom. The van der Waals surface area contributed by atoms with Crippen LogP contribution in [0, 0.1) is 17.8 Å². The van der Waals surface area contributed by atoms with E-state index in [1.807, 2.05) is 27.7 Å². The van der Waals surface area contributed by atoms with Crippen LogP contribution in [0.5, 0.6) is 0 Å². The van der Waals surface area contributed by atoms with E-state index in [2.05, 4.69) is 51.5 Å². The molecule has 0 saturated carbocycles. The van der Waals surface area contributed by atoms with Gasteiger partial charge < -0.3 is 9.80 Å². The molecular formula is C22H50N2. The largest absolute Gasteiger partial charge is 0.306 e. The standard InChI is InChI=1S/2C9H19N.2C2H6/c1-8(2)9-4-6-10(3)7-5-9;1-4-9-5-6-10(7-9)8(2)3;2*1-2/h2*8-9H,4-7H2,1-3H3;2*1-2H3. The van der Waals surface area contributed by atoms with E-state index in [9.17, 15) is 0 Å². The Morgan fingerprint density at radius 3 is 1.62 bits per heavy atom. The van der Waals surface area contributed by atoms with Crippen molar-refractivity contribution in [3.8, 4) is 0 Å². The molecule has 2 aliphatic rings. The van der Waals surface area contributed by atoms with Crippen LogP contribution in [0.25, 0.3) is 0 Å². The summed E-state index contributed by atoms with van der Waals surface area (Å²) in [6.07, 6.45) is 5.61. The van der Waals surface area contributed by atoms with Crippen LogP contribution >= 0.6 is 0 Å². The molecule has 0 spiro atoms. The van der Waals surface area contributed by atoms with Crippen molar-refractivity contribution in [1.82, 2.24) is 9.80 Å². The van der Waals surface area contributed by atoms with Gasteiger partial charge in [0, 0.05) is 12.6 Å². The first-order chi connectivity index (χ1) is 11.4. The SMILES string of the molecule is CC.CC.CC(C)C1CCN(C)CC1.CCC1CCN(C(C)C)C1. The summed E-state index contributed by atoms with van der Waals surface area (Å²) in [5.41, 5.74) is 0. The molecule has 2 nitrogen and oxygen atoms in total. The fourth-order valence-electron chi connectivity index (χ4n) is 3.36. The molecule has 148 valence electrons. The van der Waals surface area contributed by atoms with Crippen molar-refractivity contribution in [2.24, 2.45) is 17.8 Å². The first kappa shape index (κ1) is 26.2. The Bertz CT molecular complexity index is 236. The molecule has 2 saturated heterocycles. The van der Waals surface area contributed by atoms with E-state index in [0.717, 1.165) is 23.8 Å². The van der Waals surface area contributed by atoms with E-state index in [4.69, 9.17) is 0 Å². The molecule has 2 aliphatic heterocycles. The van der Waals surface area contributed by atoms with Gasteiger partial charge in [-0.2, -0.15) is 0 Å². The molecule has 0 aromatic carbocycles. The third-order valence-electron chi connectivity index (χ3n) is 5.33. The smallest absolute Gasteiger partial charge is 0.00387 e. The van der Waals surface area contributed by atoms with Gasteiger partial charge in [0.1, 0.15) is 0 Å². The van der Waals surface area contributed by atoms with Gasteiger partial charge in [-0.1, -0.05) is 54.9 Å². The number of hydrogen-bond acceptors (Lipinski definition) is 2. The lowest BCUT2D eigenvalue weighted by Gasteiger charge is -2.31. The van der Waals surface area contributed by atoms with Gasteiger partial charge in [0.2, 0.25) is 0 Å². The molecule has 2 heteroatoms. The summed E-state index contributed by atoms with van der Waals surface area (Å²) in [6.45, 7) is 24.9. The molecule has 2 rings (SSSR count). The minimum atomic E-state index is 0.761. The van der Waals surface area contributed by atoms with Gasteiger partial charge in [-0.3, -0.25) is 0 Å². The second kappa shape index (κ2) is 16.4. The van der Waals surface area contributed by atoms with E-state index in [0.29, 0.717) is 0 Å². The van der Waals surface area contributed by atoms with Crippen LogP contribution in [-0.4, -0.2) is 49.1 Å². The Labute approximate surface area is 155 Å². The Morgan fingerprint density at radius 2 is 1.33 bits per heavy atom. The number of likely N-dealkylation sites (tertiary alicyclic amines) is 2. The molecule has 2 heterocycles. The predicted molar refractivity (Wildman–Crippen MR) is 113 cm³/mol. The highest BCUT2D eigenvalue weighted by Gasteiger charge is 2.22. The van der Waals surface area contributed by atoms with Gasteiger partial charge in [0.05, 0.1) is 0 Å². The molecule has 1 atom stereocenters. The maximum atomic E-state index is 2.58. The monoisotopic (exact) mass is 342 g/mol. The third kappa shape index (κ3) is 11.5. The first-order valence-electron chi connectivity index (χ1n) is 10.9. The highest BCUT2D eigenvalue weighted by molar-refractivity contribution is 4.76. The van der Waals surface area contributed by atoms with E-state index >= 15 is 0 Å². The topological polar surface area (TPSA) is 6.48 Å². The van der Waals surface area contributed by atoms with Crippen molar-refractivity contribution in [2.75, 3.05) is 33.2 Å². The summed E-state index contributed by atoms with van der Waals surface area (Å²) in [4.78, 5) is 5.01. The lowest BCUT2D eigenvalue weighted by Crippen LogP contribution is -2.32. The quantitative estimate of drug-likeness (QED) is 0.605.